The molecule has 3 atom stereocenters. The van der Waals surface area contributed by atoms with E-state index in [9.17, 15) is 43.2 Å². The lowest BCUT2D eigenvalue weighted by atomic mass is 10.1. The van der Waals surface area contributed by atoms with E-state index in [1.165, 1.54) is 72.8 Å². The summed E-state index contributed by atoms with van der Waals surface area (Å²) in [5.74, 6) is -8.94. The fourth-order valence-corrected chi connectivity index (χ4v) is 5.65. The molecule has 0 saturated carbocycles. The molecule has 6 amide bonds. The number of hydrogen-bond acceptors (Lipinski definition) is 12. The van der Waals surface area contributed by atoms with Gasteiger partial charge in [0.25, 0.3) is 53.4 Å². The van der Waals surface area contributed by atoms with Crippen molar-refractivity contribution in [3.8, 4) is 0 Å². The monoisotopic (exact) mass is 665 g/mol. The van der Waals surface area contributed by atoms with E-state index < -0.39 is 78.8 Å². The Morgan fingerprint density at radius 2 is 0.612 bits per heavy atom. The van der Waals surface area contributed by atoms with Gasteiger partial charge in [-0.25, -0.2) is 0 Å². The molecule has 3 aliphatic rings. The molecule has 0 aliphatic carbocycles. The summed E-state index contributed by atoms with van der Waals surface area (Å²) in [4.78, 5) is 120. The summed E-state index contributed by atoms with van der Waals surface area (Å²) >= 11 is 0. The summed E-state index contributed by atoms with van der Waals surface area (Å²) in [6.07, 6.45) is 0. The number of hydrogen-bond donors (Lipinski definition) is 0. The molecule has 3 heterocycles. The number of fused-ring (bicyclic) bond motifs is 3. The van der Waals surface area contributed by atoms with Crippen molar-refractivity contribution in [2.75, 3.05) is 0 Å². The molecule has 0 saturated heterocycles. The van der Waals surface area contributed by atoms with Crippen molar-refractivity contribution in [2.24, 2.45) is 0 Å². The second kappa shape index (κ2) is 12.3. The van der Waals surface area contributed by atoms with Crippen molar-refractivity contribution < 1.29 is 57.1 Å². The van der Waals surface area contributed by atoms with Crippen LogP contribution in [0, 0.1) is 0 Å². The van der Waals surface area contributed by atoms with Crippen LogP contribution in [0.1, 0.15) is 82.9 Å². The highest BCUT2D eigenvalue weighted by Gasteiger charge is 2.45. The topological polar surface area (TPSA) is 191 Å². The smallest absolute Gasteiger partial charge is 0.526 e. The molecule has 15 nitrogen and oxygen atoms in total. The third kappa shape index (κ3) is 5.32. The van der Waals surface area contributed by atoms with Gasteiger partial charge in [-0.1, -0.05) is 36.4 Å². The van der Waals surface area contributed by atoms with E-state index in [0.29, 0.717) is 14.7 Å². The van der Waals surface area contributed by atoms with Crippen molar-refractivity contribution in [1.82, 2.24) is 14.7 Å². The highest BCUT2D eigenvalue weighted by atomic mass is 16.8. The molecule has 0 spiro atoms. The lowest BCUT2D eigenvalue weighted by Gasteiger charge is -2.35. The number of carbonyl (C=O) groups excluding carboxylic acids is 9. The molecule has 1 radical (unpaired) electrons. The second-order valence-corrected chi connectivity index (χ2v) is 11.2. The van der Waals surface area contributed by atoms with E-state index in [-0.39, 0.29) is 33.4 Å². The summed E-state index contributed by atoms with van der Waals surface area (Å²) in [5, 5.41) is 0. The summed E-state index contributed by atoms with van der Waals surface area (Å²) < 4.78 is 15.5. The van der Waals surface area contributed by atoms with Gasteiger partial charge in [0, 0.05) is 0 Å². The van der Waals surface area contributed by atoms with Gasteiger partial charge in [-0.3, -0.25) is 57.9 Å². The first-order valence-electron chi connectivity index (χ1n) is 14.9. The molecular weight excluding hydrogens is 641 g/mol. The maximum absolute atomic E-state index is 13.3. The van der Waals surface area contributed by atoms with Gasteiger partial charge < -0.3 is 14.0 Å². The predicted octanol–water partition coefficient (Wildman–Crippen LogP) is 1.65. The number of nitrogens with zero attached hydrogens (tertiary/aromatic N) is 3. The summed E-state index contributed by atoms with van der Waals surface area (Å²) in [6.45, 7) is 3.44. The summed E-state index contributed by atoms with van der Waals surface area (Å²) in [6, 6.07) is 12.6. The Bertz CT molecular complexity index is 1700. The minimum Gasteiger partial charge on any atom is -0.641 e. The van der Waals surface area contributed by atoms with E-state index in [1.54, 1.807) is 0 Å². The fraction of sp³-hybridized carbons (Fsp3) is 0.182. The molecule has 0 aromatic heterocycles. The maximum Gasteiger partial charge on any atom is 0.526 e. The lowest BCUT2D eigenvalue weighted by Crippen LogP contribution is -2.51. The molecule has 0 N–H and O–H groups in total. The van der Waals surface area contributed by atoms with Crippen LogP contribution in [0.5, 0.6) is 0 Å². The average molecular weight is 665 g/mol. The molecule has 3 aliphatic heterocycles. The Morgan fingerprint density at radius 1 is 0.429 bits per heavy atom. The molecule has 0 bridgehead atoms. The maximum atomic E-state index is 13.3. The zero-order chi connectivity index (χ0) is 35.3. The molecule has 16 heteroatoms. The van der Waals surface area contributed by atoms with Gasteiger partial charge in [0.1, 0.15) is 18.1 Å². The third-order valence-corrected chi connectivity index (χ3v) is 8.30. The molecule has 0 fully saturated rings. The van der Waals surface area contributed by atoms with Crippen LogP contribution in [-0.4, -0.2) is 93.5 Å². The number of carbonyl (C=O) groups is 9. The van der Waals surface area contributed by atoms with E-state index in [1.807, 2.05) is 0 Å². The highest BCUT2D eigenvalue weighted by Crippen LogP contribution is 2.28. The Labute approximate surface area is 277 Å². The molecule has 247 valence electrons. The molecule has 3 aromatic rings. The number of amides is 6. The van der Waals surface area contributed by atoms with E-state index in [0.717, 1.165) is 20.8 Å². The minimum absolute atomic E-state index is 0.0334. The van der Waals surface area contributed by atoms with Gasteiger partial charge in [0.15, 0.2) is 0 Å². The van der Waals surface area contributed by atoms with Crippen LogP contribution in [0.3, 0.4) is 0 Å². The van der Waals surface area contributed by atoms with Crippen LogP contribution in [-0.2, 0) is 28.3 Å². The zero-order valence-corrected chi connectivity index (χ0v) is 26.0. The molecular formula is C33H24BN3O12-. The fourth-order valence-electron chi connectivity index (χ4n) is 5.65. The number of imide groups is 3. The Morgan fingerprint density at radius 3 is 0.796 bits per heavy atom. The van der Waals surface area contributed by atoms with Gasteiger partial charge >= 0.3 is 7.32 Å². The second-order valence-electron chi connectivity index (χ2n) is 11.2. The van der Waals surface area contributed by atoms with Crippen LogP contribution >= 0.6 is 0 Å². The largest absolute Gasteiger partial charge is 0.641 e. The Balaban J connectivity index is 1.22. The average Bonchev–Trinajstić information content (AvgIpc) is 3.62. The van der Waals surface area contributed by atoms with Crippen LogP contribution in [0.2, 0.25) is 0 Å². The van der Waals surface area contributed by atoms with Crippen LogP contribution < -0.4 is 0 Å². The SMILES string of the molecule is C[C@@H](C(=O)O[B-](OC(=O)[C@H](C)N1C(=O)c2ccccc2C1=O)OC(=O)[C@H](C)N1C(=O)c2ccccc2C1=O)N1C(=O)c2ccccc2C1=O. The van der Waals surface area contributed by atoms with Crippen LogP contribution in [0.15, 0.2) is 72.8 Å². The number of rotatable bonds is 9. The van der Waals surface area contributed by atoms with Gasteiger partial charge in [-0.15, -0.1) is 0 Å². The first-order valence-corrected chi connectivity index (χ1v) is 14.9. The highest BCUT2D eigenvalue weighted by molar-refractivity contribution is 6.45. The van der Waals surface area contributed by atoms with Crippen molar-refractivity contribution in [1.29, 1.82) is 0 Å². The lowest BCUT2D eigenvalue weighted by molar-refractivity contribution is -0.152. The summed E-state index contributed by atoms with van der Waals surface area (Å²) in [5.41, 5.74) is 0.201. The molecule has 3 aromatic carbocycles. The van der Waals surface area contributed by atoms with E-state index >= 15 is 0 Å². The molecule has 0 unspecified atom stereocenters. The van der Waals surface area contributed by atoms with Gasteiger partial charge in [0.05, 0.1) is 33.4 Å². The van der Waals surface area contributed by atoms with Gasteiger partial charge in [-0.05, 0) is 57.2 Å². The minimum atomic E-state index is -2.53. The first-order chi connectivity index (χ1) is 23.3. The van der Waals surface area contributed by atoms with E-state index in [2.05, 4.69) is 0 Å². The van der Waals surface area contributed by atoms with Crippen molar-refractivity contribution in [3.05, 3.63) is 106 Å². The first kappa shape index (κ1) is 32.5. The van der Waals surface area contributed by atoms with Crippen molar-refractivity contribution in [3.63, 3.8) is 0 Å². The summed E-state index contributed by atoms with van der Waals surface area (Å²) in [7, 11) is -2.53. The Kier molecular flexibility index (Phi) is 8.15. The number of benzene rings is 3. The molecule has 49 heavy (non-hydrogen) atoms. The molecule has 6 rings (SSSR count). The quantitative estimate of drug-likeness (QED) is 0.238. The normalized spacial score (nSPS) is 16.8. The Hall–Kier alpha value is -6.45. The third-order valence-electron chi connectivity index (χ3n) is 8.30. The van der Waals surface area contributed by atoms with Gasteiger partial charge in [-0.2, -0.15) is 0 Å². The zero-order valence-electron chi connectivity index (χ0n) is 26.0. The van der Waals surface area contributed by atoms with Crippen LogP contribution in [0.25, 0.3) is 0 Å². The van der Waals surface area contributed by atoms with E-state index in [4.69, 9.17) is 14.0 Å². The van der Waals surface area contributed by atoms with Crippen molar-refractivity contribution >= 4 is 60.7 Å². The van der Waals surface area contributed by atoms with Crippen LogP contribution in [0.4, 0.5) is 0 Å². The standard InChI is InChI=1S/C33H24BN3O12/c1-16(35-25(38)19-10-4-5-11-20(19)26(35)39)31(44)47-34(48-32(45)17(2)36-27(40)21-12-6-7-13-22(21)28(36)41)49-33(46)18(3)37-29(42)23-14-8-9-15-24(23)30(37)43/h4-18H,1-3H3/q-1/t16-,17-,18-/m0/s1. The van der Waals surface area contributed by atoms with Gasteiger partial charge in [0.2, 0.25) is 0 Å². The predicted molar refractivity (Wildman–Crippen MR) is 163 cm³/mol. The van der Waals surface area contributed by atoms with Crippen molar-refractivity contribution in [2.45, 2.75) is 38.9 Å².